The van der Waals surface area contributed by atoms with Crippen LogP contribution >= 0.6 is 0 Å². The van der Waals surface area contributed by atoms with Crippen LogP contribution < -0.4 is 0 Å². The van der Waals surface area contributed by atoms with Crippen LogP contribution in [0.15, 0.2) is 0 Å². The van der Waals surface area contributed by atoms with E-state index in [2.05, 4.69) is 14.2 Å². The first kappa shape index (κ1) is 32.9. The van der Waals surface area contributed by atoms with Crippen LogP contribution in [-0.4, -0.2) is 70.9 Å². The van der Waals surface area contributed by atoms with Gasteiger partial charge in [-0.2, -0.15) is 0 Å². The number of cyclic esters (lactones) is 3. The van der Waals surface area contributed by atoms with Gasteiger partial charge in [0.05, 0.1) is 39.5 Å². The van der Waals surface area contributed by atoms with Gasteiger partial charge >= 0.3 is 17.9 Å². The third kappa shape index (κ3) is 26.3. The molecule has 0 amide bonds. The van der Waals surface area contributed by atoms with E-state index in [1.807, 2.05) is 41.5 Å². The highest BCUT2D eigenvalue weighted by Crippen LogP contribution is 1.98. The summed E-state index contributed by atoms with van der Waals surface area (Å²) in [5, 5.41) is 0. The molecule has 0 aromatic heterocycles. The second-order valence-corrected chi connectivity index (χ2v) is 4.86. The van der Waals surface area contributed by atoms with E-state index in [-0.39, 0.29) is 31.3 Å². The number of hydrogen-bond acceptors (Lipinski definition) is 9. The first-order valence-corrected chi connectivity index (χ1v) is 10.9. The lowest BCUT2D eigenvalue weighted by Crippen LogP contribution is -2.07. The highest BCUT2D eigenvalue weighted by molar-refractivity contribution is 5.70. The number of ether oxygens (including phenoxy) is 6. The standard InChI is InChI=1S/3C5H8O3.3C2H6/c6-5-1-2-7-3-4-8-5;6-5-4-7-2-1-3-8-5;6-5-2-1-3-7-4-8-5;3*1-2/h3*1-4H2;3*1-2H3. The quantitative estimate of drug-likeness (QED) is 0.416. The van der Waals surface area contributed by atoms with Gasteiger partial charge in [-0.3, -0.25) is 9.59 Å². The van der Waals surface area contributed by atoms with E-state index in [4.69, 9.17) is 14.2 Å². The van der Waals surface area contributed by atoms with E-state index in [1.165, 1.54) is 0 Å². The fourth-order valence-electron chi connectivity index (χ4n) is 1.65. The second-order valence-electron chi connectivity index (χ2n) is 4.86. The molecule has 3 fully saturated rings. The average molecular weight is 439 g/mol. The van der Waals surface area contributed by atoms with Crippen molar-refractivity contribution >= 4 is 17.9 Å². The smallest absolute Gasteiger partial charge is 0.332 e. The summed E-state index contributed by atoms with van der Waals surface area (Å²) >= 11 is 0. The molecule has 9 nitrogen and oxygen atoms in total. The van der Waals surface area contributed by atoms with Crippen LogP contribution in [0.2, 0.25) is 0 Å². The molecule has 3 heterocycles. The van der Waals surface area contributed by atoms with Crippen molar-refractivity contribution in [2.24, 2.45) is 0 Å². The summed E-state index contributed by atoms with van der Waals surface area (Å²) in [5.74, 6) is -0.549. The fraction of sp³-hybridized carbons (Fsp3) is 0.857. The zero-order valence-corrected chi connectivity index (χ0v) is 19.7. The van der Waals surface area contributed by atoms with Crippen LogP contribution in [0.4, 0.5) is 0 Å². The van der Waals surface area contributed by atoms with Crippen LogP contribution in [0.25, 0.3) is 0 Å². The van der Waals surface area contributed by atoms with Gasteiger partial charge in [-0.25, -0.2) is 4.79 Å². The summed E-state index contributed by atoms with van der Waals surface area (Å²) in [7, 11) is 0. The van der Waals surface area contributed by atoms with Gasteiger partial charge in [0.1, 0.15) is 13.2 Å². The normalized spacial score (nSPS) is 18.0. The Bertz CT molecular complexity index is 300. The van der Waals surface area contributed by atoms with Crippen molar-refractivity contribution in [1.29, 1.82) is 0 Å². The molecule has 0 bridgehead atoms. The van der Waals surface area contributed by atoms with Gasteiger partial charge in [0.15, 0.2) is 6.79 Å². The third-order valence-corrected chi connectivity index (χ3v) is 2.83. The van der Waals surface area contributed by atoms with Crippen LogP contribution in [0, 0.1) is 0 Å². The molecule has 0 radical (unpaired) electrons. The molecule has 0 saturated carbocycles. The fourth-order valence-corrected chi connectivity index (χ4v) is 1.65. The Kier molecular flexibility index (Phi) is 32.4. The van der Waals surface area contributed by atoms with E-state index in [0.717, 1.165) is 12.8 Å². The van der Waals surface area contributed by atoms with E-state index in [1.54, 1.807) is 0 Å². The van der Waals surface area contributed by atoms with Crippen molar-refractivity contribution in [1.82, 2.24) is 0 Å². The summed E-state index contributed by atoms with van der Waals surface area (Å²) in [6.45, 7) is 15.5. The van der Waals surface area contributed by atoms with Crippen molar-refractivity contribution in [2.75, 3.05) is 53.0 Å². The van der Waals surface area contributed by atoms with E-state index < -0.39 is 0 Å². The Morgan fingerprint density at radius 1 is 0.500 bits per heavy atom. The van der Waals surface area contributed by atoms with Crippen LogP contribution in [0.3, 0.4) is 0 Å². The summed E-state index contributed by atoms with van der Waals surface area (Å²) in [5.41, 5.74) is 0. The topological polar surface area (TPSA) is 107 Å². The predicted molar refractivity (Wildman–Crippen MR) is 113 cm³/mol. The Balaban J connectivity index is -0.000000323. The number of carbonyl (C=O) groups excluding carboxylic acids is 3. The van der Waals surface area contributed by atoms with Gasteiger partial charge in [0, 0.05) is 12.8 Å². The monoisotopic (exact) mass is 438 g/mol. The van der Waals surface area contributed by atoms with Gasteiger partial charge in [0.2, 0.25) is 0 Å². The highest BCUT2D eigenvalue weighted by Gasteiger charge is 2.07. The van der Waals surface area contributed by atoms with Gasteiger partial charge in [-0.1, -0.05) is 41.5 Å². The van der Waals surface area contributed by atoms with E-state index >= 15 is 0 Å². The van der Waals surface area contributed by atoms with Crippen molar-refractivity contribution in [3.8, 4) is 0 Å². The molecule has 30 heavy (non-hydrogen) atoms. The number of esters is 3. The molecule has 180 valence electrons. The molecule has 3 aliphatic heterocycles. The van der Waals surface area contributed by atoms with Gasteiger partial charge in [-0.15, -0.1) is 0 Å². The molecule has 0 aromatic carbocycles. The summed E-state index contributed by atoms with van der Waals surface area (Å²) in [6.07, 6.45) is 2.52. The van der Waals surface area contributed by atoms with Crippen LogP contribution in [0.5, 0.6) is 0 Å². The maximum Gasteiger partial charge on any atom is 0.332 e. The molecule has 3 saturated heterocycles. The van der Waals surface area contributed by atoms with E-state index in [9.17, 15) is 14.4 Å². The zero-order chi connectivity index (χ0) is 23.5. The summed E-state index contributed by atoms with van der Waals surface area (Å²) in [4.78, 5) is 31.1. The van der Waals surface area contributed by atoms with Crippen molar-refractivity contribution < 1.29 is 42.8 Å². The zero-order valence-electron chi connectivity index (χ0n) is 19.7. The molecular weight excluding hydrogens is 396 g/mol. The maximum atomic E-state index is 10.4. The number of carbonyl (C=O) groups is 3. The molecule has 3 rings (SSSR count). The molecule has 3 aliphatic rings. The minimum atomic E-state index is -0.248. The van der Waals surface area contributed by atoms with Gasteiger partial charge in [0.25, 0.3) is 0 Å². The third-order valence-electron chi connectivity index (χ3n) is 2.83. The van der Waals surface area contributed by atoms with E-state index in [0.29, 0.717) is 52.5 Å². The molecule has 0 N–H and O–H groups in total. The largest absolute Gasteiger partial charge is 0.464 e. The molecular formula is C21H42O9. The van der Waals surface area contributed by atoms with Gasteiger partial charge in [-0.05, 0) is 6.42 Å². The molecule has 0 atom stereocenters. The lowest BCUT2D eigenvalue weighted by atomic mass is 10.3. The SMILES string of the molecule is CC.CC.CC.O=C1CCCOCO1.O=C1CCOCCO1.O=C1COCCCO1. The molecule has 9 heteroatoms. The minimum absolute atomic E-state index is 0.125. The predicted octanol–water partition coefficient (Wildman–Crippen LogP) is 3.28. The molecule has 0 aromatic rings. The van der Waals surface area contributed by atoms with Crippen molar-refractivity contribution in [3.05, 3.63) is 0 Å². The first-order chi connectivity index (χ1) is 14.7. The minimum Gasteiger partial charge on any atom is -0.464 e. The maximum absolute atomic E-state index is 10.4. The van der Waals surface area contributed by atoms with Crippen molar-refractivity contribution in [2.45, 2.75) is 67.2 Å². The lowest BCUT2D eigenvalue weighted by molar-refractivity contribution is -0.151. The summed E-state index contributed by atoms with van der Waals surface area (Å²) in [6, 6.07) is 0. The van der Waals surface area contributed by atoms with Crippen LogP contribution in [0.1, 0.15) is 67.2 Å². The molecule has 0 unspecified atom stereocenters. The Morgan fingerprint density at radius 2 is 1.10 bits per heavy atom. The number of rotatable bonds is 0. The summed E-state index contributed by atoms with van der Waals surface area (Å²) < 4.78 is 28.4. The highest BCUT2D eigenvalue weighted by atomic mass is 16.7. The molecule has 0 spiro atoms. The number of hydrogen-bond donors (Lipinski definition) is 0. The average Bonchev–Trinajstić information content (AvgIpc) is 3.29. The first-order valence-electron chi connectivity index (χ1n) is 10.9. The second kappa shape index (κ2) is 29.5. The Labute approximate surface area is 181 Å². The Morgan fingerprint density at radius 3 is 1.80 bits per heavy atom. The van der Waals surface area contributed by atoms with Gasteiger partial charge < -0.3 is 28.4 Å². The lowest BCUT2D eigenvalue weighted by Gasteiger charge is -1.94. The van der Waals surface area contributed by atoms with Crippen molar-refractivity contribution in [3.63, 3.8) is 0 Å². The molecule has 0 aliphatic carbocycles. The van der Waals surface area contributed by atoms with Crippen LogP contribution in [-0.2, 0) is 42.8 Å². The Hall–Kier alpha value is -1.71.